The van der Waals surface area contributed by atoms with Gasteiger partial charge in [-0.3, -0.25) is 9.78 Å². The highest BCUT2D eigenvalue weighted by atomic mass is 32.2. The third-order valence-electron chi connectivity index (χ3n) is 4.97. The van der Waals surface area contributed by atoms with Crippen LogP contribution < -0.4 is 0 Å². The summed E-state index contributed by atoms with van der Waals surface area (Å²) in [5.74, 6) is -0.230. The molecule has 26 heavy (non-hydrogen) atoms. The summed E-state index contributed by atoms with van der Waals surface area (Å²) in [6.45, 7) is 3.00. The molecule has 0 bridgehead atoms. The molecule has 1 unspecified atom stereocenters. The lowest BCUT2D eigenvalue weighted by Crippen LogP contribution is -2.31. The van der Waals surface area contributed by atoms with Crippen molar-refractivity contribution in [3.63, 3.8) is 0 Å². The molecule has 1 aliphatic heterocycles. The number of hydrogen-bond acceptors (Lipinski definition) is 4. The van der Waals surface area contributed by atoms with Gasteiger partial charge in [-0.15, -0.1) is 0 Å². The van der Waals surface area contributed by atoms with Gasteiger partial charge in [0.15, 0.2) is 0 Å². The van der Waals surface area contributed by atoms with Gasteiger partial charge >= 0.3 is 0 Å². The minimum absolute atomic E-state index is 0.174. The van der Waals surface area contributed by atoms with Crippen molar-refractivity contribution in [1.29, 1.82) is 0 Å². The summed E-state index contributed by atoms with van der Waals surface area (Å²) in [5.41, 5.74) is 1.27. The molecule has 0 radical (unpaired) electrons. The molecular formula is C18H24N4O3S. The molecule has 0 aliphatic carbocycles. The summed E-state index contributed by atoms with van der Waals surface area (Å²) in [6, 6.07) is 5.04. The zero-order valence-corrected chi connectivity index (χ0v) is 16.1. The molecule has 1 aliphatic rings. The molecule has 0 N–H and O–H groups in total. The van der Waals surface area contributed by atoms with Gasteiger partial charge < -0.3 is 9.47 Å². The number of rotatable bonds is 5. The highest BCUT2D eigenvalue weighted by Gasteiger charge is 2.30. The van der Waals surface area contributed by atoms with E-state index in [0.29, 0.717) is 18.8 Å². The fourth-order valence-corrected chi connectivity index (χ4v) is 4.76. The first kappa shape index (κ1) is 18.6. The summed E-state index contributed by atoms with van der Waals surface area (Å²) in [5, 5.41) is 0. The first-order valence-corrected chi connectivity index (χ1v) is 10.1. The SMILES string of the molecule is CC(c1cccnc1)N(C)C(=O)c1cc(S(=O)(=O)N2CCCC2)cn1C. The van der Waals surface area contributed by atoms with Crippen molar-refractivity contribution in [2.45, 2.75) is 30.7 Å². The number of pyridine rings is 1. The number of hydrogen-bond donors (Lipinski definition) is 0. The van der Waals surface area contributed by atoms with Gasteiger partial charge in [0.2, 0.25) is 10.0 Å². The average molecular weight is 376 g/mol. The van der Waals surface area contributed by atoms with Crippen LogP contribution in [0.5, 0.6) is 0 Å². The third-order valence-corrected chi connectivity index (χ3v) is 6.83. The van der Waals surface area contributed by atoms with Crippen molar-refractivity contribution in [3.8, 4) is 0 Å². The Bertz CT molecular complexity index is 886. The Morgan fingerprint density at radius 3 is 2.62 bits per heavy atom. The molecule has 8 heteroatoms. The average Bonchev–Trinajstić information content (AvgIpc) is 3.31. The van der Waals surface area contributed by atoms with Crippen LogP contribution in [0.3, 0.4) is 0 Å². The molecule has 2 aromatic heterocycles. The maximum atomic E-state index is 12.9. The van der Waals surface area contributed by atoms with E-state index in [1.54, 1.807) is 36.0 Å². The number of amides is 1. The number of carbonyl (C=O) groups is 1. The second-order valence-electron chi connectivity index (χ2n) is 6.66. The van der Waals surface area contributed by atoms with E-state index >= 15 is 0 Å². The normalized spacial score (nSPS) is 16.6. The Labute approximate surface area is 154 Å². The van der Waals surface area contributed by atoms with E-state index in [1.165, 1.54) is 16.6 Å². The summed E-state index contributed by atoms with van der Waals surface area (Å²) < 4.78 is 28.5. The summed E-state index contributed by atoms with van der Waals surface area (Å²) in [7, 11) is -0.137. The van der Waals surface area contributed by atoms with Crippen LogP contribution in [0.25, 0.3) is 0 Å². The van der Waals surface area contributed by atoms with Crippen molar-refractivity contribution in [2.24, 2.45) is 7.05 Å². The Kier molecular flexibility index (Phi) is 5.15. The van der Waals surface area contributed by atoms with E-state index in [2.05, 4.69) is 4.98 Å². The molecule has 1 fully saturated rings. The maximum absolute atomic E-state index is 12.9. The molecule has 2 aromatic rings. The van der Waals surface area contributed by atoms with Crippen molar-refractivity contribution >= 4 is 15.9 Å². The van der Waals surface area contributed by atoms with Crippen LogP contribution in [-0.2, 0) is 17.1 Å². The molecule has 0 aromatic carbocycles. The van der Waals surface area contributed by atoms with Crippen LogP contribution in [0, 0.1) is 0 Å². The Balaban J connectivity index is 1.85. The number of carbonyl (C=O) groups excluding carboxylic acids is 1. The standard InChI is InChI=1S/C18H24N4O3S/c1-14(15-7-6-8-19-12-15)21(3)18(23)17-11-16(13-20(17)2)26(24,25)22-9-4-5-10-22/h6-8,11-14H,4-5,9-10H2,1-3H3. The predicted octanol–water partition coefficient (Wildman–Crippen LogP) is 2.04. The van der Waals surface area contributed by atoms with Gasteiger partial charge in [-0.05, 0) is 37.5 Å². The Hall–Kier alpha value is -2.19. The zero-order chi connectivity index (χ0) is 18.9. The van der Waals surface area contributed by atoms with Crippen LogP contribution in [0.1, 0.15) is 41.9 Å². The third kappa shape index (κ3) is 3.39. The zero-order valence-electron chi connectivity index (χ0n) is 15.3. The Morgan fingerprint density at radius 2 is 2.00 bits per heavy atom. The van der Waals surface area contributed by atoms with Crippen molar-refractivity contribution in [1.82, 2.24) is 18.8 Å². The molecule has 1 amide bonds. The van der Waals surface area contributed by atoms with E-state index in [-0.39, 0.29) is 16.8 Å². The van der Waals surface area contributed by atoms with Crippen LogP contribution in [0.2, 0.25) is 0 Å². The van der Waals surface area contributed by atoms with Gasteiger partial charge in [-0.1, -0.05) is 6.07 Å². The lowest BCUT2D eigenvalue weighted by Gasteiger charge is -2.25. The monoisotopic (exact) mass is 376 g/mol. The quantitative estimate of drug-likeness (QED) is 0.800. The number of sulfonamides is 1. The molecule has 3 rings (SSSR count). The fraction of sp³-hybridized carbons (Fsp3) is 0.444. The summed E-state index contributed by atoms with van der Waals surface area (Å²) in [6.07, 6.45) is 6.68. The van der Waals surface area contributed by atoms with Crippen LogP contribution in [0.15, 0.2) is 41.7 Å². The van der Waals surface area contributed by atoms with Crippen molar-refractivity contribution in [3.05, 3.63) is 48.0 Å². The van der Waals surface area contributed by atoms with Crippen LogP contribution in [0.4, 0.5) is 0 Å². The Morgan fingerprint density at radius 1 is 1.31 bits per heavy atom. The van der Waals surface area contributed by atoms with Gasteiger partial charge in [0.1, 0.15) is 10.6 Å². The van der Waals surface area contributed by atoms with E-state index in [4.69, 9.17) is 0 Å². The molecule has 3 heterocycles. The molecule has 140 valence electrons. The second kappa shape index (κ2) is 7.20. The lowest BCUT2D eigenvalue weighted by molar-refractivity contribution is 0.0733. The largest absolute Gasteiger partial charge is 0.345 e. The van der Waals surface area contributed by atoms with Crippen LogP contribution in [-0.4, -0.2) is 53.2 Å². The number of aryl methyl sites for hydroxylation is 1. The summed E-state index contributed by atoms with van der Waals surface area (Å²) in [4.78, 5) is 18.8. The highest BCUT2D eigenvalue weighted by molar-refractivity contribution is 7.89. The fourth-order valence-electron chi connectivity index (χ4n) is 3.17. The van der Waals surface area contributed by atoms with Gasteiger partial charge in [0, 0.05) is 45.8 Å². The molecule has 0 saturated carbocycles. The molecular weight excluding hydrogens is 352 g/mol. The highest BCUT2D eigenvalue weighted by Crippen LogP contribution is 2.25. The summed E-state index contributed by atoms with van der Waals surface area (Å²) >= 11 is 0. The van der Waals surface area contributed by atoms with Gasteiger partial charge in [0.05, 0.1) is 6.04 Å². The van der Waals surface area contributed by atoms with E-state index in [1.807, 2.05) is 19.1 Å². The van der Waals surface area contributed by atoms with Gasteiger partial charge in [0.25, 0.3) is 5.91 Å². The van der Waals surface area contributed by atoms with E-state index in [0.717, 1.165) is 18.4 Å². The topological polar surface area (TPSA) is 75.5 Å². The van der Waals surface area contributed by atoms with E-state index < -0.39 is 10.0 Å². The number of nitrogens with zero attached hydrogens (tertiary/aromatic N) is 4. The minimum atomic E-state index is -3.54. The van der Waals surface area contributed by atoms with E-state index in [9.17, 15) is 13.2 Å². The molecule has 1 saturated heterocycles. The van der Waals surface area contributed by atoms with Gasteiger partial charge in [-0.25, -0.2) is 8.42 Å². The molecule has 0 spiro atoms. The van der Waals surface area contributed by atoms with Gasteiger partial charge in [-0.2, -0.15) is 4.31 Å². The van der Waals surface area contributed by atoms with Crippen molar-refractivity contribution in [2.75, 3.05) is 20.1 Å². The predicted molar refractivity (Wildman–Crippen MR) is 98.2 cm³/mol. The number of aromatic nitrogens is 2. The minimum Gasteiger partial charge on any atom is -0.345 e. The van der Waals surface area contributed by atoms with Crippen molar-refractivity contribution < 1.29 is 13.2 Å². The molecule has 1 atom stereocenters. The lowest BCUT2D eigenvalue weighted by atomic mass is 10.1. The van der Waals surface area contributed by atoms with Crippen LogP contribution >= 0.6 is 0 Å². The second-order valence-corrected chi connectivity index (χ2v) is 8.60. The smallest absolute Gasteiger partial charge is 0.270 e. The first-order valence-electron chi connectivity index (χ1n) is 8.66. The molecule has 7 nitrogen and oxygen atoms in total. The maximum Gasteiger partial charge on any atom is 0.270 e. The first-order chi connectivity index (χ1) is 12.3.